The van der Waals surface area contributed by atoms with Gasteiger partial charge in [0.25, 0.3) is 0 Å². The summed E-state index contributed by atoms with van der Waals surface area (Å²) >= 11 is 0. The fraction of sp³-hybridized carbons (Fsp3) is 0.562. The number of fused-ring (bicyclic) bond motifs is 1. The molecular weight excluding hydrogens is 386 g/mol. The van der Waals surface area contributed by atoms with E-state index in [1.807, 2.05) is 12.2 Å². The lowest BCUT2D eigenvalue weighted by molar-refractivity contribution is -0.122. The second-order valence-electron chi connectivity index (χ2n) is 6.61. The van der Waals surface area contributed by atoms with Gasteiger partial charge in [0.1, 0.15) is 36.8 Å². The van der Waals surface area contributed by atoms with Crippen LogP contribution in [0, 0.1) is 0 Å². The van der Waals surface area contributed by atoms with Crippen LogP contribution < -0.4 is 16.8 Å². The van der Waals surface area contributed by atoms with Crippen molar-refractivity contribution in [3.63, 3.8) is 0 Å². The molecule has 2 aromatic rings. The van der Waals surface area contributed by atoms with E-state index in [0.717, 1.165) is 0 Å². The Morgan fingerprint density at radius 1 is 1.34 bits per heavy atom. The SMILES string of the molecule is CCC[C@H](N)C(=O)NC(=O)OC[C@H]1O[C@@H](n2cnc3c(N)ncnc32)[C@H](O)[C@@H]1O. The first-order valence-corrected chi connectivity index (χ1v) is 9.01. The van der Waals surface area contributed by atoms with Crippen LogP contribution in [0.3, 0.4) is 0 Å². The first-order chi connectivity index (χ1) is 13.8. The minimum Gasteiger partial charge on any atom is -0.446 e. The summed E-state index contributed by atoms with van der Waals surface area (Å²) in [4.78, 5) is 35.5. The van der Waals surface area contributed by atoms with E-state index in [1.165, 1.54) is 17.2 Å². The number of ether oxygens (including phenoxy) is 2. The Morgan fingerprint density at radius 2 is 2.10 bits per heavy atom. The molecule has 0 aliphatic carbocycles. The van der Waals surface area contributed by atoms with Crippen molar-refractivity contribution < 1.29 is 29.3 Å². The fourth-order valence-corrected chi connectivity index (χ4v) is 2.98. The van der Waals surface area contributed by atoms with Crippen LogP contribution in [0.1, 0.15) is 26.0 Å². The molecule has 13 heteroatoms. The number of nitrogen functional groups attached to an aromatic ring is 1. The molecule has 0 spiro atoms. The number of aliphatic hydroxyl groups is 2. The molecule has 0 radical (unpaired) electrons. The molecule has 2 aromatic heterocycles. The van der Waals surface area contributed by atoms with Gasteiger partial charge < -0.3 is 31.2 Å². The van der Waals surface area contributed by atoms with E-state index < -0.39 is 49.2 Å². The van der Waals surface area contributed by atoms with Gasteiger partial charge in [-0.15, -0.1) is 0 Å². The van der Waals surface area contributed by atoms with E-state index in [4.69, 9.17) is 20.9 Å². The van der Waals surface area contributed by atoms with Gasteiger partial charge in [-0.2, -0.15) is 0 Å². The standard InChI is InChI=1S/C16H23N7O6/c1-2-3-7(17)14(26)22-16(27)28-4-8-10(24)11(25)15(29-8)23-6-21-9-12(18)19-5-20-13(9)23/h5-8,10-11,15,24-25H,2-4,17H2,1H3,(H2,18,19,20)(H,22,26,27)/t7-,8+,10+,11+,15+/m0/s1. The smallest absolute Gasteiger partial charge is 0.413 e. The van der Waals surface area contributed by atoms with Crippen molar-refractivity contribution in [3.8, 4) is 0 Å². The monoisotopic (exact) mass is 409 g/mol. The Hall–Kier alpha value is -2.87. The molecule has 1 aliphatic rings. The lowest BCUT2D eigenvalue weighted by Gasteiger charge is -2.16. The zero-order chi connectivity index (χ0) is 21.1. The molecule has 0 aromatic carbocycles. The topological polar surface area (TPSA) is 201 Å². The quantitative estimate of drug-likeness (QED) is 0.368. The maximum atomic E-state index is 11.8. The van der Waals surface area contributed by atoms with Crippen LogP contribution in [0.4, 0.5) is 10.6 Å². The molecule has 1 fully saturated rings. The summed E-state index contributed by atoms with van der Waals surface area (Å²) in [6.07, 6.45) is -2.13. The molecule has 1 saturated heterocycles. The molecule has 29 heavy (non-hydrogen) atoms. The van der Waals surface area contributed by atoms with Crippen LogP contribution in [0.2, 0.25) is 0 Å². The summed E-state index contributed by atoms with van der Waals surface area (Å²) in [7, 11) is 0. The Bertz CT molecular complexity index is 890. The number of aromatic nitrogens is 4. The molecule has 13 nitrogen and oxygen atoms in total. The molecule has 3 rings (SSSR count). The Balaban J connectivity index is 1.62. The number of hydrogen-bond donors (Lipinski definition) is 5. The van der Waals surface area contributed by atoms with Gasteiger partial charge in [-0.3, -0.25) is 14.7 Å². The summed E-state index contributed by atoms with van der Waals surface area (Å²) < 4.78 is 11.9. The zero-order valence-corrected chi connectivity index (χ0v) is 15.6. The number of nitrogens with one attached hydrogen (secondary N) is 1. The molecule has 0 saturated carbocycles. The lowest BCUT2D eigenvalue weighted by Crippen LogP contribution is -2.44. The molecule has 158 valence electrons. The van der Waals surface area contributed by atoms with Crippen LogP contribution in [-0.4, -0.2) is 72.7 Å². The highest BCUT2D eigenvalue weighted by molar-refractivity contribution is 5.94. The van der Waals surface area contributed by atoms with Gasteiger partial charge in [0.05, 0.1) is 12.4 Å². The zero-order valence-electron chi connectivity index (χ0n) is 15.6. The van der Waals surface area contributed by atoms with Crippen molar-refractivity contribution in [1.82, 2.24) is 24.8 Å². The molecular formula is C16H23N7O6. The van der Waals surface area contributed by atoms with Gasteiger partial charge in [0, 0.05) is 0 Å². The summed E-state index contributed by atoms with van der Waals surface area (Å²) in [5, 5.41) is 22.6. The number of imide groups is 1. The second-order valence-corrected chi connectivity index (χ2v) is 6.61. The van der Waals surface area contributed by atoms with E-state index in [9.17, 15) is 19.8 Å². The second kappa shape index (κ2) is 8.65. The van der Waals surface area contributed by atoms with Crippen LogP contribution >= 0.6 is 0 Å². The first kappa shape index (κ1) is 20.9. The van der Waals surface area contributed by atoms with Gasteiger partial charge in [-0.05, 0) is 6.42 Å². The van der Waals surface area contributed by atoms with Crippen molar-refractivity contribution >= 4 is 29.0 Å². The average Bonchev–Trinajstić information content (AvgIpc) is 3.23. The number of hydrogen-bond acceptors (Lipinski definition) is 11. The van der Waals surface area contributed by atoms with Gasteiger partial charge >= 0.3 is 6.09 Å². The number of imidazole rings is 1. The third kappa shape index (κ3) is 4.27. The molecule has 2 amide bonds. The van der Waals surface area contributed by atoms with Crippen LogP contribution in [0.15, 0.2) is 12.7 Å². The maximum absolute atomic E-state index is 11.8. The first-order valence-electron chi connectivity index (χ1n) is 9.01. The highest BCUT2D eigenvalue weighted by Gasteiger charge is 2.45. The number of nitrogens with two attached hydrogens (primary N) is 2. The third-order valence-corrected chi connectivity index (χ3v) is 4.54. The predicted molar refractivity (Wildman–Crippen MR) is 98.0 cm³/mol. The number of aliphatic hydroxyl groups excluding tert-OH is 2. The highest BCUT2D eigenvalue weighted by Crippen LogP contribution is 2.32. The largest absolute Gasteiger partial charge is 0.446 e. The normalized spacial score (nSPS) is 25.1. The molecule has 3 heterocycles. The number of carbonyl (C=O) groups is 2. The summed E-state index contributed by atoms with van der Waals surface area (Å²) in [6.45, 7) is 1.45. The van der Waals surface area contributed by atoms with Gasteiger partial charge in [0.15, 0.2) is 17.7 Å². The fourth-order valence-electron chi connectivity index (χ4n) is 2.98. The summed E-state index contributed by atoms with van der Waals surface area (Å²) in [5.74, 6) is -0.505. The van der Waals surface area contributed by atoms with Crippen molar-refractivity contribution in [2.24, 2.45) is 5.73 Å². The number of amides is 2. The van der Waals surface area contributed by atoms with Crippen molar-refractivity contribution in [1.29, 1.82) is 0 Å². The summed E-state index contributed by atoms with van der Waals surface area (Å²) in [6, 6.07) is -0.823. The van der Waals surface area contributed by atoms with Crippen molar-refractivity contribution in [2.45, 2.75) is 50.3 Å². The van der Waals surface area contributed by atoms with Crippen molar-refractivity contribution in [2.75, 3.05) is 12.3 Å². The average molecular weight is 409 g/mol. The molecule has 0 bridgehead atoms. The van der Waals surface area contributed by atoms with E-state index in [0.29, 0.717) is 24.0 Å². The van der Waals surface area contributed by atoms with Gasteiger partial charge in [-0.25, -0.2) is 19.7 Å². The van der Waals surface area contributed by atoms with Crippen LogP contribution in [0.25, 0.3) is 11.2 Å². The lowest BCUT2D eigenvalue weighted by atomic mass is 10.1. The number of nitrogens with zero attached hydrogens (tertiary/aromatic N) is 4. The number of carbonyl (C=O) groups excluding carboxylic acids is 2. The van der Waals surface area contributed by atoms with E-state index in [2.05, 4.69) is 15.0 Å². The molecule has 0 unspecified atom stereocenters. The number of rotatable bonds is 6. The van der Waals surface area contributed by atoms with E-state index in [1.54, 1.807) is 0 Å². The Kier molecular flexibility index (Phi) is 6.22. The molecule has 5 atom stereocenters. The minimum absolute atomic E-state index is 0.157. The number of anilines is 1. The van der Waals surface area contributed by atoms with E-state index >= 15 is 0 Å². The Morgan fingerprint density at radius 3 is 2.83 bits per heavy atom. The van der Waals surface area contributed by atoms with E-state index in [-0.39, 0.29) is 5.82 Å². The van der Waals surface area contributed by atoms with Crippen LogP contribution in [-0.2, 0) is 14.3 Å². The predicted octanol–water partition coefficient (Wildman–Crippen LogP) is -1.59. The number of alkyl carbamates (subject to hydrolysis) is 1. The Labute approximate surface area is 165 Å². The highest BCUT2D eigenvalue weighted by atomic mass is 16.6. The summed E-state index contributed by atoms with van der Waals surface area (Å²) in [5.41, 5.74) is 12.0. The molecule has 7 N–H and O–H groups in total. The van der Waals surface area contributed by atoms with Gasteiger partial charge in [-0.1, -0.05) is 13.3 Å². The van der Waals surface area contributed by atoms with Crippen LogP contribution in [0.5, 0.6) is 0 Å². The third-order valence-electron chi connectivity index (χ3n) is 4.54. The maximum Gasteiger partial charge on any atom is 0.413 e. The molecule has 1 aliphatic heterocycles. The van der Waals surface area contributed by atoms with Gasteiger partial charge in [0.2, 0.25) is 5.91 Å². The minimum atomic E-state index is -1.36. The van der Waals surface area contributed by atoms with Crippen molar-refractivity contribution in [3.05, 3.63) is 12.7 Å².